The summed E-state index contributed by atoms with van der Waals surface area (Å²) in [6, 6.07) is 17.8. The van der Waals surface area contributed by atoms with Crippen molar-refractivity contribution in [2.75, 3.05) is 6.61 Å². The van der Waals surface area contributed by atoms with Gasteiger partial charge >= 0.3 is 5.97 Å². The van der Waals surface area contributed by atoms with Gasteiger partial charge in [0.15, 0.2) is 6.10 Å². The van der Waals surface area contributed by atoms with Gasteiger partial charge in [-0.15, -0.1) is 11.3 Å². The lowest BCUT2D eigenvalue weighted by Gasteiger charge is -2.29. The summed E-state index contributed by atoms with van der Waals surface area (Å²) in [5.41, 5.74) is 6.66. The molecule has 2 aromatic heterocycles. The molecule has 0 amide bonds. The quantitative estimate of drug-likeness (QED) is 0.182. The number of rotatable bonds is 7. The van der Waals surface area contributed by atoms with Crippen molar-refractivity contribution in [1.29, 1.82) is 0 Å². The Kier molecular flexibility index (Phi) is 7.99. The monoisotopic (exact) mass is 571 g/mol. The molecule has 0 aliphatic heterocycles. The van der Waals surface area contributed by atoms with Crippen LogP contribution in [0.5, 0.6) is 0 Å². The van der Waals surface area contributed by atoms with Crippen LogP contribution in [0.4, 0.5) is 0 Å². The second-order valence-electron chi connectivity index (χ2n) is 10.4. The van der Waals surface area contributed by atoms with Crippen LogP contribution in [-0.2, 0) is 14.3 Å². The third-order valence-electron chi connectivity index (χ3n) is 6.30. The molecule has 40 heavy (non-hydrogen) atoms. The Hall–Kier alpha value is -3.65. The van der Waals surface area contributed by atoms with Crippen LogP contribution in [0, 0.1) is 6.92 Å². The highest BCUT2D eigenvalue weighted by molar-refractivity contribution is 7.22. The van der Waals surface area contributed by atoms with Crippen LogP contribution in [0.2, 0.25) is 5.02 Å². The average Bonchev–Trinajstić information content (AvgIpc) is 3.35. The van der Waals surface area contributed by atoms with E-state index in [4.69, 9.17) is 26.1 Å². The van der Waals surface area contributed by atoms with Crippen LogP contribution in [-0.4, -0.2) is 33.1 Å². The number of aryl methyl sites for hydroxylation is 1. The molecule has 3 aromatic carbocycles. The number of carbonyl (C=O) groups is 1. The van der Waals surface area contributed by atoms with E-state index in [9.17, 15) is 4.79 Å². The average molecular weight is 572 g/mol. The van der Waals surface area contributed by atoms with E-state index in [0.29, 0.717) is 5.02 Å². The summed E-state index contributed by atoms with van der Waals surface area (Å²) in [5, 5.41) is 1.50. The van der Waals surface area contributed by atoms with Crippen LogP contribution in [0.1, 0.15) is 44.9 Å². The number of hydrogen-bond acceptors (Lipinski definition) is 7. The highest BCUT2D eigenvalue weighted by Crippen LogP contribution is 2.45. The zero-order chi connectivity index (χ0) is 28.4. The number of ether oxygens (including phenoxy) is 2. The maximum absolute atomic E-state index is 13.4. The van der Waals surface area contributed by atoms with E-state index in [0.717, 1.165) is 54.2 Å². The Balaban J connectivity index is 1.74. The molecule has 0 saturated heterocycles. The highest BCUT2D eigenvalue weighted by atomic mass is 35.5. The van der Waals surface area contributed by atoms with E-state index >= 15 is 0 Å². The number of fused-ring (bicyclic) bond motifs is 1. The van der Waals surface area contributed by atoms with Gasteiger partial charge in [-0.3, -0.25) is 0 Å². The molecule has 1 atom stereocenters. The minimum Gasteiger partial charge on any atom is -0.464 e. The van der Waals surface area contributed by atoms with E-state index in [1.54, 1.807) is 30.7 Å². The number of benzene rings is 3. The molecular formula is C32H30ClN3O3S. The van der Waals surface area contributed by atoms with E-state index in [-0.39, 0.29) is 6.61 Å². The molecule has 0 N–H and O–H groups in total. The van der Waals surface area contributed by atoms with E-state index in [1.165, 1.54) is 6.33 Å². The summed E-state index contributed by atoms with van der Waals surface area (Å²) in [4.78, 5) is 26.7. The van der Waals surface area contributed by atoms with Gasteiger partial charge in [-0.25, -0.2) is 19.7 Å². The van der Waals surface area contributed by atoms with E-state index in [1.807, 2.05) is 76.2 Å². The number of thiazole rings is 1. The van der Waals surface area contributed by atoms with Crippen LogP contribution >= 0.6 is 22.9 Å². The second kappa shape index (κ2) is 11.5. The normalized spacial score (nSPS) is 12.4. The van der Waals surface area contributed by atoms with Gasteiger partial charge in [-0.1, -0.05) is 41.9 Å². The second-order valence-corrected chi connectivity index (χ2v) is 11.9. The number of esters is 1. The van der Waals surface area contributed by atoms with Crippen molar-refractivity contribution in [1.82, 2.24) is 15.0 Å². The summed E-state index contributed by atoms with van der Waals surface area (Å²) in [6.45, 7) is 9.85. The molecule has 0 saturated carbocycles. The first-order chi connectivity index (χ1) is 19.1. The fourth-order valence-electron chi connectivity index (χ4n) is 4.65. The van der Waals surface area contributed by atoms with Crippen molar-refractivity contribution < 1.29 is 14.3 Å². The first-order valence-corrected chi connectivity index (χ1v) is 14.2. The van der Waals surface area contributed by atoms with E-state index in [2.05, 4.69) is 16.0 Å². The van der Waals surface area contributed by atoms with Crippen molar-refractivity contribution in [3.63, 3.8) is 0 Å². The van der Waals surface area contributed by atoms with Gasteiger partial charge in [0.1, 0.15) is 11.3 Å². The fraction of sp³-hybridized carbons (Fsp3) is 0.250. The van der Waals surface area contributed by atoms with Crippen LogP contribution in [0.25, 0.3) is 43.0 Å². The summed E-state index contributed by atoms with van der Waals surface area (Å²) in [7, 11) is 0. The minimum absolute atomic E-state index is 0.258. The fourth-order valence-corrected chi connectivity index (χ4v) is 5.90. The molecule has 0 aliphatic carbocycles. The summed E-state index contributed by atoms with van der Waals surface area (Å²) in [6.07, 6.45) is 4.20. The molecule has 8 heteroatoms. The number of hydrogen-bond donors (Lipinski definition) is 0. The maximum Gasteiger partial charge on any atom is 0.339 e. The lowest BCUT2D eigenvalue weighted by Crippen LogP contribution is -2.29. The molecule has 0 radical (unpaired) electrons. The SMILES string of the molecule is CCOC(=O)[C@@H](OC(C)(C)C)c1c(C)cc2nc(-c3cccc(-c4cncnc4)c3)sc2c1-c1ccc(Cl)cc1. The molecule has 0 aliphatic rings. The number of halogens is 1. The van der Waals surface area contributed by atoms with Crippen LogP contribution in [0.15, 0.2) is 73.3 Å². The first-order valence-electron chi connectivity index (χ1n) is 13.0. The predicted octanol–water partition coefficient (Wildman–Crippen LogP) is 8.47. The van der Waals surface area contributed by atoms with Gasteiger partial charge < -0.3 is 9.47 Å². The zero-order valence-electron chi connectivity index (χ0n) is 23.1. The predicted molar refractivity (Wildman–Crippen MR) is 161 cm³/mol. The third kappa shape index (κ3) is 5.92. The van der Waals surface area contributed by atoms with Gasteiger partial charge in [-0.2, -0.15) is 0 Å². The van der Waals surface area contributed by atoms with E-state index < -0.39 is 17.7 Å². The third-order valence-corrected chi connectivity index (χ3v) is 7.69. The summed E-state index contributed by atoms with van der Waals surface area (Å²) < 4.78 is 12.8. The largest absolute Gasteiger partial charge is 0.464 e. The molecule has 0 bridgehead atoms. The lowest BCUT2D eigenvalue weighted by atomic mass is 9.91. The Morgan fingerprint density at radius 2 is 1.68 bits per heavy atom. The smallest absolute Gasteiger partial charge is 0.339 e. The zero-order valence-corrected chi connectivity index (χ0v) is 24.6. The Bertz CT molecular complexity index is 1660. The molecule has 2 heterocycles. The molecule has 0 unspecified atom stereocenters. The van der Waals surface area contributed by atoms with Crippen molar-refractivity contribution in [3.05, 3.63) is 89.5 Å². The number of aromatic nitrogens is 3. The minimum atomic E-state index is -0.915. The van der Waals surface area contributed by atoms with Gasteiger partial charge in [0.2, 0.25) is 0 Å². The molecule has 204 valence electrons. The maximum atomic E-state index is 13.4. The van der Waals surface area contributed by atoms with Gasteiger partial charge in [0, 0.05) is 39.7 Å². The highest BCUT2D eigenvalue weighted by Gasteiger charge is 2.33. The standard InChI is InChI=1S/C32H30ClN3O3S/c1-6-38-31(37)28(39-32(3,4)5)26-19(2)14-25-29(27(26)20-10-12-24(33)13-11-20)40-30(36-25)22-9-7-8-21(15-22)23-16-34-18-35-17-23/h7-18,28H,6H2,1-5H3/t28-/m0/s1. The molecule has 6 nitrogen and oxygen atoms in total. The molecule has 5 rings (SSSR count). The van der Waals surface area contributed by atoms with Crippen molar-refractivity contribution >= 4 is 39.1 Å². The summed E-state index contributed by atoms with van der Waals surface area (Å²) in [5.74, 6) is -0.419. The Morgan fingerprint density at radius 3 is 2.35 bits per heavy atom. The molecular weight excluding hydrogens is 542 g/mol. The number of carbonyl (C=O) groups excluding carboxylic acids is 1. The topological polar surface area (TPSA) is 74.2 Å². The molecule has 0 fully saturated rings. The van der Waals surface area contributed by atoms with Gasteiger partial charge in [-0.05, 0) is 75.6 Å². The van der Waals surface area contributed by atoms with Crippen molar-refractivity contribution in [3.8, 4) is 32.8 Å². The lowest BCUT2D eigenvalue weighted by molar-refractivity contribution is -0.166. The van der Waals surface area contributed by atoms with Gasteiger partial charge in [0.05, 0.1) is 22.4 Å². The van der Waals surface area contributed by atoms with Crippen LogP contribution < -0.4 is 0 Å². The number of nitrogens with zero attached hydrogens (tertiary/aromatic N) is 3. The Morgan fingerprint density at radius 1 is 0.975 bits per heavy atom. The Labute approximate surface area is 243 Å². The van der Waals surface area contributed by atoms with Crippen molar-refractivity contribution in [2.24, 2.45) is 0 Å². The molecule has 5 aromatic rings. The molecule has 0 spiro atoms. The summed E-state index contributed by atoms with van der Waals surface area (Å²) >= 11 is 7.84. The van der Waals surface area contributed by atoms with Crippen LogP contribution in [0.3, 0.4) is 0 Å². The first kappa shape index (κ1) is 27.9. The van der Waals surface area contributed by atoms with Gasteiger partial charge in [0.25, 0.3) is 0 Å². The van der Waals surface area contributed by atoms with Crippen molar-refractivity contribution in [2.45, 2.75) is 46.3 Å².